The highest BCUT2D eigenvalue weighted by Crippen LogP contribution is 2.37. The van der Waals surface area contributed by atoms with Crippen molar-refractivity contribution in [1.82, 2.24) is 5.43 Å². The molecular formula is C14H24N2S. The fourth-order valence-electron chi connectivity index (χ4n) is 2.95. The van der Waals surface area contributed by atoms with Crippen LogP contribution in [0.25, 0.3) is 0 Å². The van der Waals surface area contributed by atoms with Crippen molar-refractivity contribution in [1.29, 1.82) is 0 Å². The molecular weight excluding hydrogens is 228 g/mol. The highest BCUT2D eigenvalue weighted by molar-refractivity contribution is 7.10. The Bertz CT molecular complexity index is 335. The monoisotopic (exact) mass is 252 g/mol. The van der Waals surface area contributed by atoms with E-state index in [0.29, 0.717) is 12.0 Å². The van der Waals surface area contributed by atoms with E-state index in [9.17, 15) is 0 Å². The van der Waals surface area contributed by atoms with E-state index >= 15 is 0 Å². The Morgan fingerprint density at radius 3 is 3.18 bits per heavy atom. The Labute approximate surface area is 109 Å². The maximum Gasteiger partial charge on any atom is 0.0279 e. The quantitative estimate of drug-likeness (QED) is 0.461. The predicted octanol–water partition coefficient (Wildman–Crippen LogP) is 3.58. The summed E-state index contributed by atoms with van der Waals surface area (Å²) in [4.78, 5) is 1.59. The molecule has 1 aromatic heterocycles. The summed E-state index contributed by atoms with van der Waals surface area (Å²) in [6.07, 6.45) is 9.00. The summed E-state index contributed by atoms with van der Waals surface area (Å²) in [5, 5.41) is 2.24. The molecule has 0 radical (unpaired) electrons. The average molecular weight is 252 g/mol. The van der Waals surface area contributed by atoms with Gasteiger partial charge in [-0.15, -0.1) is 11.3 Å². The fourth-order valence-corrected chi connectivity index (χ4v) is 3.95. The lowest BCUT2D eigenvalue weighted by molar-refractivity contribution is 0.369. The molecule has 1 aliphatic carbocycles. The Morgan fingerprint density at radius 1 is 1.53 bits per heavy atom. The lowest BCUT2D eigenvalue weighted by atomic mass is 9.81. The molecule has 1 aromatic rings. The standard InChI is InChI=1S/C14H24N2S/c1-2-3-4-7-13(16-15)11-6-5-8-14-12(11)9-10-17-14/h9-11,13,16H,2-8,15H2,1H3. The number of thiophene rings is 1. The molecule has 0 bridgehead atoms. The first-order chi connectivity index (χ1) is 8.36. The second-order valence-electron chi connectivity index (χ2n) is 5.07. The molecule has 1 aliphatic rings. The maximum atomic E-state index is 5.77. The maximum absolute atomic E-state index is 5.77. The van der Waals surface area contributed by atoms with Gasteiger partial charge in [-0.05, 0) is 42.7 Å². The van der Waals surface area contributed by atoms with Gasteiger partial charge in [-0.2, -0.15) is 0 Å². The zero-order valence-electron chi connectivity index (χ0n) is 10.7. The molecule has 2 rings (SSSR count). The normalized spacial score (nSPS) is 21.2. The molecule has 2 atom stereocenters. The van der Waals surface area contributed by atoms with E-state index in [1.54, 1.807) is 10.4 Å². The molecule has 1 heterocycles. The smallest absolute Gasteiger partial charge is 0.0279 e. The van der Waals surface area contributed by atoms with Crippen molar-refractivity contribution >= 4 is 11.3 Å². The van der Waals surface area contributed by atoms with E-state index in [4.69, 9.17) is 5.84 Å². The number of hydrogen-bond acceptors (Lipinski definition) is 3. The first-order valence-corrected chi connectivity index (χ1v) is 7.77. The third-order valence-electron chi connectivity index (χ3n) is 3.92. The van der Waals surface area contributed by atoms with Crippen LogP contribution in [0.2, 0.25) is 0 Å². The van der Waals surface area contributed by atoms with Gasteiger partial charge in [-0.1, -0.05) is 26.2 Å². The van der Waals surface area contributed by atoms with E-state index in [1.165, 1.54) is 44.9 Å². The van der Waals surface area contributed by atoms with Crippen LogP contribution in [0.15, 0.2) is 11.4 Å². The average Bonchev–Trinajstić information content (AvgIpc) is 2.83. The van der Waals surface area contributed by atoms with E-state index in [1.807, 2.05) is 11.3 Å². The minimum absolute atomic E-state index is 0.468. The van der Waals surface area contributed by atoms with Crippen LogP contribution in [-0.4, -0.2) is 6.04 Å². The van der Waals surface area contributed by atoms with Gasteiger partial charge in [0.15, 0.2) is 0 Å². The summed E-state index contributed by atoms with van der Waals surface area (Å²) in [6.45, 7) is 2.25. The SMILES string of the molecule is CCCCCC(NN)C1CCCc2sccc21. The molecule has 0 saturated carbocycles. The molecule has 0 aromatic carbocycles. The zero-order valence-corrected chi connectivity index (χ0v) is 11.6. The molecule has 2 nitrogen and oxygen atoms in total. The number of aryl methyl sites for hydroxylation is 1. The minimum Gasteiger partial charge on any atom is -0.271 e. The van der Waals surface area contributed by atoms with Crippen LogP contribution in [0.3, 0.4) is 0 Å². The molecule has 0 spiro atoms. The van der Waals surface area contributed by atoms with Crippen molar-refractivity contribution in [3.8, 4) is 0 Å². The van der Waals surface area contributed by atoms with Crippen molar-refractivity contribution in [2.75, 3.05) is 0 Å². The highest BCUT2D eigenvalue weighted by atomic mass is 32.1. The molecule has 96 valence electrons. The first-order valence-electron chi connectivity index (χ1n) is 6.89. The van der Waals surface area contributed by atoms with Crippen molar-refractivity contribution in [2.45, 2.75) is 63.8 Å². The Hall–Kier alpha value is -0.380. The van der Waals surface area contributed by atoms with E-state index in [0.717, 1.165) is 0 Å². The zero-order chi connectivity index (χ0) is 12.1. The van der Waals surface area contributed by atoms with Crippen LogP contribution in [0.5, 0.6) is 0 Å². The first kappa shape index (κ1) is 13.1. The van der Waals surface area contributed by atoms with Gasteiger partial charge in [0.25, 0.3) is 0 Å². The van der Waals surface area contributed by atoms with Crippen molar-refractivity contribution in [2.24, 2.45) is 5.84 Å². The highest BCUT2D eigenvalue weighted by Gasteiger charge is 2.27. The number of hydrazine groups is 1. The molecule has 3 heteroatoms. The van der Waals surface area contributed by atoms with Gasteiger partial charge in [0.1, 0.15) is 0 Å². The summed E-state index contributed by atoms with van der Waals surface area (Å²) in [6, 6.07) is 2.78. The second-order valence-corrected chi connectivity index (χ2v) is 6.07. The summed E-state index contributed by atoms with van der Waals surface area (Å²) >= 11 is 1.92. The van der Waals surface area contributed by atoms with Crippen LogP contribution >= 0.6 is 11.3 Å². The van der Waals surface area contributed by atoms with Gasteiger partial charge in [0, 0.05) is 16.8 Å². The lowest BCUT2D eigenvalue weighted by Crippen LogP contribution is -2.40. The van der Waals surface area contributed by atoms with Gasteiger partial charge in [0.05, 0.1) is 0 Å². The van der Waals surface area contributed by atoms with E-state index in [-0.39, 0.29) is 0 Å². The van der Waals surface area contributed by atoms with Gasteiger partial charge < -0.3 is 0 Å². The van der Waals surface area contributed by atoms with Crippen LogP contribution in [0.4, 0.5) is 0 Å². The molecule has 0 saturated heterocycles. The largest absolute Gasteiger partial charge is 0.271 e. The third kappa shape index (κ3) is 3.09. The minimum atomic E-state index is 0.468. The molecule has 0 aliphatic heterocycles. The summed E-state index contributed by atoms with van der Waals surface area (Å²) in [7, 11) is 0. The number of rotatable bonds is 6. The Morgan fingerprint density at radius 2 is 2.41 bits per heavy atom. The van der Waals surface area contributed by atoms with Gasteiger partial charge in [-0.25, -0.2) is 0 Å². The number of unbranched alkanes of at least 4 members (excludes halogenated alkanes) is 2. The van der Waals surface area contributed by atoms with Crippen LogP contribution < -0.4 is 11.3 Å². The van der Waals surface area contributed by atoms with Crippen molar-refractivity contribution < 1.29 is 0 Å². The lowest BCUT2D eigenvalue weighted by Gasteiger charge is -2.30. The molecule has 17 heavy (non-hydrogen) atoms. The molecule has 3 N–H and O–H groups in total. The summed E-state index contributed by atoms with van der Waals surface area (Å²) in [5.74, 6) is 6.41. The number of hydrogen-bond donors (Lipinski definition) is 2. The second kappa shape index (κ2) is 6.53. The molecule has 0 amide bonds. The third-order valence-corrected chi connectivity index (χ3v) is 4.91. The van der Waals surface area contributed by atoms with Gasteiger partial charge in [0.2, 0.25) is 0 Å². The topological polar surface area (TPSA) is 38.0 Å². The molecule has 2 unspecified atom stereocenters. The molecule has 0 fully saturated rings. The van der Waals surface area contributed by atoms with Crippen LogP contribution in [-0.2, 0) is 6.42 Å². The van der Waals surface area contributed by atoms with Crippen LogP contribution in [0.1, 0.15) is 61.8 Å². The number of fused-ring (bicyclic) bond motifs is 1. The van der Waals surface area contributed by atoms with Gasteiger partial charge in [-0.3, -0.25) is 11.3 Å². The summed E-state index contributed by atoms with van der Waals surface area (Å²) < 4.78 is 0. The van der Waals surface area contributed by atoms with Crippen molar-refractivity contribution in [3.63, 3.8) is 0 Å². The van der Waals surface area contributed by atoms with Crippen molar-refractivity contribution in [3.05, 3.63) is 21.9 Å². The van der Waals surface area contributed by atoms with Crippen LogP contribution in [0, 0.1) is 0 Å². The Kier molecular flexibility index (Phi) is 5.01. The Balaban J connectivity index is 2.01. The number of nitrogens with one attached hydrogen (secondary N) is 1. The van der Waals surface area contributed by atoms with E-state index in [2.05, 4.69) is 23.8 Å². The fraction of sp³-hybridized carbons (Fsp3) is 0.714. The van der Waals surface area contributed by atoms with E-state index < -0.39 is 0 Å². The van der Waals surface area contributed by atoms with Gasteiger partial charge >= 0.3 is 0 Å². The number of nitrogens with two attached hydrogens (primary N) is 1. The summed E-state index contributed by atoms with van der Waals surface area (Å²) in [5.41, 5.74) is 4.64. The predicted molar refractivity (Wildman–Crippen MR) is 75.3 cm³/mol.